The first kappa shape index (κ1) is 9.51. The lowest BCUT2D eigenvalue weighted by Gasteiger charge is -2.02. The van der Waals surface area contributed by atoms with E-state index in [2.05, 4.69) is 10.1 Å². The fourth-order valence-electron chi connectivity index (χ4n) is 1.30. The van der Waals surface area contributed by atoms with E-state index in [1.165, 1.54) is 11.0 Å². The average molecular weight is 205 g/mol. The van der Waals surface area contributed by atoms with Crippen LogP contribution in [0.3, 0.4) is 0 Å². The zero-order valence-corrected chi connectivity index (χ0v) is 8.30. The second-order valence-corrected chi connectivity index (χ2v) is 3.10. The molecule has 0 unspecified atom stereocenters. The smallest absolute Gasteiger partial charge is 0.343 e. The third-order valence-electron chi connectivity index (χ3n) is 2.11. The summed E-state index contributed by atoms with van der Waals surface area (Å²) in [5, 5.41) is 3.87. The van der Waals surface area contributed by atoms with E-state index >= 15 is 0 Å². The Labute approximate surface area is 86.3 Å². The number of rotatable bonds is 3. The maximum atomic E-state index is 11.2. The zero-order chi connectivity index (χ0) is 10.7. The number of nitrogens with one attached hydrogen (secondary N) is 1. The van der Waals surface area contributed by atoms with E-state index in [0.29, 0.717) is 6.54 Å². The molecule has 0 fully saturated rings. The topological polar surface area (TPSA) is 59.9 Å². The fourth-order valence-corrected chi connectivity index (χ4v) is 1.30. The SMILES string of the molecule is COc1ccc(Cn2nc[nH]c2=O)cc1. The molecule has 0 aliphatic carbocycles. The van der Waals surface area contributed by atoms with Crippen molar-refractivity contribution in [2.45, 2.75) is 6.54 Å². The second-order valence-electron chi connectivity index (χ2n) is 3.10. The third-order valence-corrected chi connectivity index (χ3v) is 2.11. The van der Waals surface area contributed by atoms with E-state index in [1.807, 2.05) is 24.3 Å². The van der Waals surface area contributed by atoms with Crippen LogP contribution in [0.1, 0.15) is 5.56 Å². The first-order valence-corrected chi connectivity index (χ1v) is 4.53. The Morgan fingerprint density at radius 1 is 1.40 bits per heavy atom. The Morgan fingerprint density at radius 2 is 2.13 bits per heavy atom. The molecule has 2 aromatic rings. The van der Waals surface area contributed by atoms with Crippen LogP contribution in [-0.4, -0.2) is 21.9 Å². The maximum absolute atomic E-state index is 11.2. The van der Waals surface area contributed by atoms with Crippen molar-refractivity contribution in [2.75, 3.05) is 7.11 Å². The quantitative estimate of drug-likeness (QED) is 0.799. The van der Waals surface area contributed by atoms with Crippen molar-refractivity contribution in [1.29, 1.82) is 0 Å². The van der Waals surface area contributed by atoms with E-state index in [1.54, 1.807) is 7.11 Å². The summed E-state index contributed by atoms with van der Waals surface area (Å²) in [6, 6.07) is 7.51. The highest BCUT2D eigenvalue weighted by molar-refractivity contribution is 5.27. The van der Waals surface area contributed by atoms with E-state index < -0.39 is 0 Å². The van der Waals surface area contributed by atoms with Crippen LogP contribution in [0.4, 0.5) is 0 Å². The number of H-pyrrole nitrogens is 1. The predicted molar refractivity (Wildman–Crippen MR) is 54.9 cm³/mol. The molecule has 0 aliphatic heterocycles. The van der Waals surface area contributed by atoms with Crippen molar-refractivity contribution in [2.24, 2.45) is 0 Å². The minimum Gasteiger partial charge on any atom is -0.497 e. The summed E-state index contributed by atoms with van der Waals surface area (Å²) in [6.07, 6.45) is 1.38. The van der Waals surface area contributed by atoms with Crippen LogP contribution < -0.4 is 10.4 Å². The molecule has 1 aromatic carbocycles. The first-order valence-electron chi connectivity index (χ1n) is 4.53. The number of hydrogen-bond acceptors (Lipinski definition) is 3. The lowest BCUT2D eigenvalue weighted by atomic mass is 10.2. The average Bonchev–Trinajstić information content (AvgIpc) is 2.66. The van der Waals surface area contributed by atoms with Crippen molar-refractivity contribution in [3.8, 4) is 5.75 Å². The number of aromatic amines is 1. The number of methoxy groups -OCH3 is 1. The van der Waals surface area contributed by atoms with Crippen LogP contribution in [0.5, 0.6) is 5.75 Å². The van der Waals surface area contributed by atoms with Crippen LogP contribution in [-0.2, 0) is 6.54 Å². The molecule has 5 nitrogen and oxygen atoms in total. The Balaban J connectivity index is 2.18. The van der Waals surface area contributed by atoms with Gasteiger partial charge < -0.3 is 4.74 Å². The molecule has 1 heterocycles. The summed E-state index contributed by atoms with van der Waals surface area (Å²) in [7, 11) is 1.62. The van der Waals surface area contributed by atoms with Gasteiger partial charge in [-0.05, 0) is 17.7 Å². The molecule has 1 aromatic heterocycles. The van der Waals surface area contributed by atoms with Crippen LogP contribution in [0.15, 0.2) is 35.4 Å². The highest BCUT2D eigenvalue weighted by Gasteiger charge is 1.99. The Morgan fingerprint density at radius 3 is 2.67 bits per heavy atom. The minimum atomic E-state index is -0.203. The fraction of sp³-hybridized carbons (Fsp3) is 0.200. The monoisotopic (exact) mass is 205 g/mol. The summed E-state index contributed by atoms with van der Waals surface area (Å²) in [5.41, 5.74) is 0.802. The van der Waals surface area contributed by atoms with Gasteiger partial charge in [0.25, 0.3) is 0 Å². The number of benzene rings is 1. The number of hydrogen-bond donors (Lipinski definition) is 1. The third kappa shape index (κ3) is 2.07. The van der Waals surface area contributed by atoms with Gasteiger partial charge >= 0.3 is 5.69 Å². The molecule has 15 heavy (non-hydrogen) atoms. The molecule has 0 bridgehead atoms. The molecule has 1 N–H and O–H groups in total. The highest BCUT2D eigenvalue weighted by atomic mass is 16.5. The standard InChI is InChI=1S/C10H11N3O2/c1-15-9-4-2-8(3-5-9)6-13-10(14)11-7-12-13/h2-5,7H,6H2,1H3,(H,11,12,14). The van der Waals surface area contributed by atoms with E-state index in [0.717, 1.165) is 11.3 Å². The molecule has 5 heteroatoms. The molecule has 0 saturated heterocycles. The summed E-state index contributed by atoms with van der Waals surface area (Å²) in [4.78, 5) is 13.6. The highest BCUT2D eigenvalue weighted by Crippen LogP contribution is 2.11. The Bertz CT molecular complexity index is 484. The van der Waals surface area contributed by atoms with Crippen molar-refractivity contribution in [1.82, 2.24) is 14.8 Å². The van der Waals surface area contributed by atoms with Crippen LogP contribution >= 0.6 is 0 Å². The summed E-state index contributed by atoms with van der Waals surface area (Å²) in [6.45, 7) is 0.465. The van der Waals surface area contributed by atoms with Crippen LogP contribution in [0.2, 0.25) is 0 Å². The van der Waals surface area contributed by atoms with Gasteiger partial charge in [0.15, 0.2) is 0 Å². The van der Waals surface area contributed by atoms with Gasteiger partial charge in [0.1, 0.15) is 12.1 Å². The maximum Gasteiger partial charge on any atom is 0.343 e. The molecule has 0 amide bonds. The molecule has 0 atom stereocenters. The van der Waals surface area contributed by atoms with Crippen molar-refractivity contribution >= 4 is 0 Å². The van der Waals surface area contributed by atoms with Gasteiger partial charge in [-0.15, -0.1) is 0 Å². The van der Waals surface area contributed by atoms with Crippen molar-refractivity contribution < 1.29 is 4.74 Å². The number of nitrogens with zero attached hydrogens (tertiary/aromatic N) is 2. The van der Waals surface area contributed by atoms with Crippen molar-refractivity contribution in [3.05, 3.63) is 46.6 Å². The molecule has 78 valence electrons. The largest absolute Gasteiger partial charge is 0.497 e. The van der Waals surface area contributed by atoms with Crippen molar-refractivity contribution in [3.63, 3.8) is 0 Å². The Kier molecular flexibility index (Phi) is 2.53. The van der Waals surface area contributed by atoms with Gasteiger partial charge in [0.05, 0.1) is 13.7 Å². The van der Waals surface area contributed by atoms with Gasteiger partial charge in [-0.3, -0.25) is 4.98 Å². The number of aromatic nitrogens is 3. The molecule has 2 rings (SSSR count). The molecule has 0 saturated carbocycles. The van der Waals surface area contributed by atoms with Gasteiger partial charge in [0.2, 0.25) is 0 Å². The van der Waals surface area contributed by atoms with Gasteiger partial charge in [-0.2, -0.15) is 5.10 Å². The van der Waals surface area contributed by atoms with E-state index in [4.69, 9.17) is 4.74 Å². The van der Waals surface area contributed by atoms with Gasteiger partial charge in [-0.1, -0.05) is 12.1 Å². The van der Waals surface area contributed by atoms with Crippen LogP contribution in [0, 0.1) is 0 Å². The molecular weight excluding hydrogens is 194 g/mol. The predicted octanol–water partition coefficient (Wildman–Crippen LogP) is 0.628. The summed E-state index contributed by atoms with van der Waals surface area (Å²) in [5.74, 6) is 0.799. The summed E-state index contributed by atoms with van der Waals surface area (Å²) >= 11 is 0. The second kappa shape index (κ2) is 4.00. The summed E-state index contributed by atoms with van der Waals surface area (Å²) < 4.78 is 6.40. The first-order chi connectivity index (χ1) is 7.29. The van der Waals surface area contributed by atoms with E-state index in [9.17, 15) is 4.79 Å². The molecule has 0 aliphatic rings. The Hall–Kier alpha value is -2.04. The zero-order valence-electron chi connectivity index (χ0n) is 8.30. The lowest BCUT2D eigenvalue weighted by molar-refractivity contribution is 0.414. The molecular formula is C10H11N3O2. The normalized spacial score (nSPS) is 10.2. The van der Waals surface area contributed by atoms with E-state index in [-0.39, 0.29) is 5.69 Å². The molecule has 0 radical (unpaired) electrons. The minimum absolute atomic E-state index is 0.203. The number of ether oxygens (including phenoxy) is 1. The van der Waals surface area contributed by atoms with Gasteiger partial charge in [-0.25, -0.2) is 9.48 Å². The molecule has 0 spiro atoms. The van der Waals surface area contributed by atoms with Crippen LogP contribution in [0.25, 0.3) is 0 Å². The lowest BCUT2D eigenvalue weighted by Crippen LogP contribution is -2.18. The van der Waals surface area contributed by atoms with Gasteiger partial charge in [0, 0.05) is 0 Å².